The lowest BCUT2D eigenvalue weighted by Crippen LogP contribution is -2.27. The Morgan fingerprint density at radius 1 is 1.35 bits per heavy atom. The second-order valence-corrected chi connectivity index (χ2v) is 6.80. The van der Waals surface area contributed by atoms with Gasteiger partial charge in [0.25, 0.3) is 5.91 Å². The van der Waals surface area contributed by atoms with Gasteiger partial charge in [-0.2, -0.15) is 5.10 Å². The highest BCUT2D eigenvalue weighted by Crippen LogP contribution is 2.27. The van der Waals surface area contributed by atoms with E-state index in [1.54, 1.807) is 0 Å². The van der Waals surface area contributed by atoms with Crippen molar-refractivity contribution in [3.8, 4) is 0 Å². The maximum absolute atomic E-state index is 12.5. The summed E-state index contributed by atoms with van der Waals surface area (Å²) in [6, 6.07) is 12.3. The molecule has 2 heterocycles. The van der Waals surface area contributed by atoms with Crippen molar-refractivity contribution < 1.29 is 4.79 Å². The van der Waals surface area contributed by atoms with Crippen molar-refractivity contribution in [2.45, 2.75) is 26.2 Å². The van der Waals surface area contributed by atoms with Crippen molar-refractivity contribution >= 4 is 27.5 Å². The predicted molar refractivity (Wildman–Crippen MR) is 95.1 cm³/mol. The van der Waals surface area contributed by atoms with Gasteiger partial charge < -0.3 is 5.32 Å². The molecule has 1 aromatic carbocycles. The summed E-state index contributed by atoms with van der Waals surface area (Å²) in [5.41, 5.74) is 2.24. The molecule has 5 heteroatoms. The molecule has 3 aromatic rings. The molecule has 1 amide bonds. The summed E-state index contributed by atoms with van der Waals surface area (Å²) in [5.74, 6) is 0.345. The van der Waals surface area contributed by atoms with Crippen LogP contribution in [0.15, 0.2) is 36.4 Å². The lowest BCUT2D eigenvalue weighted by atomic mass is 9.96. The quantitative estimate of drug-likeness (QED) is 0.773. The molecule has 2 aromatic heterocycles. The molecule has 0 saturated heterocycles. The van der Waals surface area contributed by atoms with Gasteiger partial charge in [0.2, 0.25) is 0 Å². The fourth-order valence-corrected chi connectivity index (χ4v) is 3.88. The first-order valence-electron chi connectivity index (χ1n) is 7.86. The highest BCUT2D eigenvalue weighted by molar-refractivity contribution is 7.20. The van der Waals surface area contributed by atoms with E-state index in [-0.39, 0.29) is 5.91 Å². The standard InChI is InChI=1S/C18H21N3OS/c1-4-13(14-8-6-5-7-9-14)11-19-17(22)16-10-15-12(2)20-21(3)18(15)23-16/h5-10,13H,4,11H2,1-3H3,(H,19,22). The van der Waals surface area contributed by atoms with Gasteiger partial charge in [-0.1, -0.05) is 37.3 Å². The molecule has 0 saturated carbocycles. The number of carbonyl (C=O) groups excluding carboxylic acids is 1. The van der Waals surface area contributed by atoms with Crippen molar-refractivity contribution in [3.63, 3.8) is 0 Å². The lowest BCUT2D eigenvalue weighted by molar-refractivity contribution is 0.0955. The number of nitrogens with one attached hydrogen (secondary N) is 1. The van der Waals surface area contributed by atoms with E-state index in [1.165, 1.54) is 16.9 Å². The number of benzene rings is 1. The van der Waals surface area contributed by atoms with Crippen molar-refractivity contribution in [2.75, 3.05) is 6.54 Å². The number of aromatic nitrogens is 2. The Bertz CT molecular complexity index is 785. The third kappa shape index (κ3) is 3.15. The maximum Gasteiger partial charge on any atom is 0.261 e. The summed E-state index contributed by atoms with van der Waals surface area (Å²) in [4.78, 5) is 14.2. The smallest absolute Gasteiger partial charge is 0.261 e. The van der Waals surface area contributed by atoms with Gasteiger partial charge >= 0.3 is 0 Å². The SMILES string of the molecule is CCC(CNC(=O)c1cc2c(C)nn(C)c2s1)c1ccccc1. The van der Waals surface area contributed by atoms with Crippen molar-refractivity contribution in [1.82, 2.24) is 15.1 Å². The number of amides is 1. The second kappa shape index (κ2) is 6.54. The number of nitrogens with zero attached hydrogens (tertiary/aromatic N) is 2. The van der Waals surface area contributed by atoms with Crippen LogP contribution in [0.3, 0.4) is 0 Å². The monoisotopic (exact) mass is 327 g/mol. The molecule has 120 valence electrons. The van der Waals surface area contributed by atoms with E-state index in [4.69, 9.17) is 0 Å². The topological polar surface area (TPSA) is 46.9 Å². The van der Waals surface area contributed by atoms with Gasteiger partial charge in [-0.15, -0.1) is 11.3 Å². The molecule has 0 fully saturated rings. The average molecular weight is 327 g/mol. The summed E-state index contributed by atoms with van der Waals surface area (Å²) < 4.78 is 1.84. The molecule has 0 aliphatic heterocycles. The Hall–Kier alpha value is -2.14. The zero-order valence-corrected chi connectivity index (χ0v) is 14.5. The van der Waals surface area contributed by atoms with E-state index in [0.717, 1.165) is 27.2 Å². The first kappa shape index (κ1) is 15.7. The molecule has 23 heavy (non-hydrogen) atoms. The van der Waals surface area contributed by atoms with Crippen molar-refractivity contribution in [3.05, 3.63) is 52.5 Å². The Balaban J connectivity index is 1.71. The largest absolute Gasteiger partial charge is 0.351 e. The minimum atomic E-state index is -0.0000175. The zero-order chi connectivity index (χ0) is 16.4. The van der Waals surface area contributed by atoms with Crippen LogP contribution in [0.5, 0.6) is 0 Å². The molecule has 1 N–H and O–H groups in total. The summed E-state index contributed by atoms with van der Waals surface area (Å²) in [6.07, 6.45) is 1.000. The molecule has 0 aliphatic rings. The van der Waals surface area contributed by atoms with Crippen LogP contribution in [-0.4, -0.2) is 22.2 Å². The van der Waals surface area contributed by atoms with Crippen LogP contribution >= 0.6 is 11.3 Å². The Morgan fingerprint density at radius 2 is 2.09 bits per heavy atom. The Morgan fingerprint density at radius 3 is 2.74 bits per heavy atom. The lowest BCUT2D eigenvalue weighted by Gasteiger charge is -2.15. The van der Waals surface area contributed by atoms with Crippen LogP contribution in [-0.2, 0) is 7.05 Å². The van der Waals surface area contributed by atoms with Gasteiger partial charge in [0.15, 0.2) is 0 Å². The fraction of sp³-hybridized carbons (Fsp3) is 0.333. The van der Waals surface area contributed by atoms with Gasteiger partial charge in [0.05, 0.1) is 10.6 Å². The zero-order valence-electron chi connectivity index (χ0n) is 13.7. The van der Waals surface area contributed by atoms with E-state index in [0.29, 0.717) is 12.5 Å². The Kier molecular flexibility index (Phi) is 4.48. The van der Waals surface area contributed by atoms with Gasteiger partial charge in [0, 0.05) is 24.9 Å². The molecule has 0 aliphatic carbocycles. The number of aryl methyl sites for hydroxylation is 2. The molecular formula is C18H21N3OS. The highest BCUT2D eigenvalue weighted by Gasteiger charge is 2.16. The molecule has 1 unspecified atom stereocenters. The van der Waals surface area contributed by atoms with E-state index >= 15 is 0 Å². The molecule has 4 nitrogen and oxygen atoms in total. The van der Waals surface area contributed by atoms with Gasteiger partial charge in [0.1, 0.15) is 4.83 Å². The van der Waals surface area contributed by atoms with Crippen molar-refractivity contribution in [2.24, 2.45) is 7.05 Å². The number of hydrogen-bond acceptors (Lipinski definition) is 3. The van der Waals surface area contributed by atoms with Crippen LogP contribution in [0.25, 0.3) is 10.2 Å². The number of rotatable bonds is 5. The predicted octanol–water partition coefficient (Wildman–Crippen LogP) is 3.87. The highest BCUT2D eigenvalue weighted by atomic mass is 32.1. The second-order valence-electron chi connectivity index (χ2n) is 5.76. The minimum absolute atomic E-state index is 0.0000175. The third-order valence-corrected chi connectivity index (χ3v) is 5.39. The van der Waals surface area contributed by atoms with E-state index in [2.05, 4.69) is 29.5 Å². The molecule has 3 rings (SSSR count). The van der Waals surface area contributed by atoms with E-state index in [1.807, 2.05) is 42.9 Å². The number of fused-ring (bicyclic) bond motifs is 1. The normalized spacial score (nSPS) is 12.5. The maximum atomic E-state index is 12.5. The van der Waals surface area contributed by atoms with Gasteiger partial charge in [-0.05, 0) is 25.0 Å². The van der Waals surface area contributed by atoms with Gasteiger partial charge in [-0.25, -0.2) is 0 Å². The summed E-state index contributed by atoms with van der Waals surface area (Å²) in [7, 11) is 1.91. The van der Waals surface area contributed by atoms with Crippen LogP contribution in [0.2, 0.25) is 0 Å². The first-order chi connectivity index (χ1) is 11.1. The van der Waals surface area contributed by atoms with Crippen molar-refractivity contribution in [1.29, 1.82) is 0 Å². The average Bonchev–Trinajstić information content (AvgIpc) is 3.11. The van der Waals surface area contributed by atoms with E-state index < -0.39 is 0 Å². The first-order valence-corrected chi connectivity index (χ1v) is 8.68. The van der Waals surface area contributed by atoms with Crippen LogP contribution < -0.4 is 5.32 Å². The number of thiophene rings is 1. The number of carbonyl (C=O) groups is 1. The van der Waals surface area contributed by atoms with Gasteiger partial charge in [-0.3, -0.25) is 9.48 Å². The van der Waals surface area contributed by atoms with Crippen LogP contribution in [0.4, 0.5) is 0 Å². The molecule has 0 spiro atoms. The van der Waals surface area contributed by atoms with Crippen LogP contribution in [0, 0.1) is 6.92 Å². The molecular weight excluding hydrogens is 306 g/mol. The van der Waals surface area contributed by atoms with E-state index in [9.17, 15) is 4.79 Å². The summed E-state index contributed by atoms with van der Waals surface area (Å²) >= 11 is 1.50. The summed E-state index contributed by atoms with van der Waals surface area (Å²) in [6.45, 7) is 4.78. The minimum Gasteiger partial charge on any atom is -0.351 e. The molecule has 0 radical (unpaired) electrons. The summed E-state index contributed by atoms with van der Waals surface area (Å²) in [5, 5.41) is 8.52. The number of hydrogen-bond donors (Lipinski definition) is 1. The fourth-order valence-electron chi connectivity index (χ4n) is 2.84. The third-order valence-electron chi connectivity index (χ3n) is 4.19. The molecule has 1 atom stereocenters. The van der Waals surface area contributed by atoms with Crippen LogP contribution in [0.1, 0.15) is 40.2 Å². The Labute approximate surface area is 140 Å². The molecule has 0 bridgehead atoms.